The highest BCUT2D eigenvalue weighted by molar-refractivity contribution is 5.86. The van der Waals surface area contributed by atoms with Gasteiger partial charge in [-0.05, 0) is 25.0 Å². The molecule has 1 aromatic rings. The van der Waals surface area contributed by atoms with Crippen LogP contribution in [0.1, 0.15) is 12.8 Å². The first-order chi connectivity index (χ1) is 7.53. The third-order valence-corrected chi connectivity index (χ3v) is 2.62. The second-order valence-corrected chi connectivity index (χ2v) is 3.82. The number of nitro groups is 1. The first-order valence-corrected chi connectivity index (χ1v) is 4.79. The van der Waals surface area contributed by atoms with Crippen LogP contribution in [0.15, 0.2) is 24.3 Å². The van der Waals surface area contributed by atoms with Crippen molar-refractivity contribution in [3.63, 3.8) is 0 Å². The number of hydrogen-bond acceptors (Lipinski definition) is 4. The quantitative estimate of drug-likeness (QED) is 0.596. The Bertz CT molecular complexity index is 437. The van der Waals surface area contributed by atoms with Crippen LogP contribution < -0.4 is 5.32 Å². The summed E-state index contributed by atoms with van der Waals surface area (Å²) in [6, 6.07) is 5.73. The van der Waals surface area contributed by atoms with Crippen LogP contribution in [0.5, 0.6) is 0 Å². The molecule has 0 aliphatic heterocycles. The molecule has 84 valence electrons. The second kappa shape index (κ2) is 3.48. The van der Waals surface area contributed by atoms with Crippen molar-refractivity contribution in [2.45, 2.75) is 18.4 Å². The number of hydrogen-bond donors (Lipinski definition) is 2. The van der Waals surface area contributed by atoms with Crippen LogP contribution in [0.2, 0.25) is 0 Å². The predicted octanol–water partition coefficient (Wildman–Crippen LogP) is 1.62. The topological polar surface area (TPSA) is 92.5 Å². The van der Waals surface area contributed by atoms with E-state index in [2.05, 4.69) is 5.32 Å². The van der Waals surface area contributed by atoms with Crippen molar-refractivity contribution in [2.75, 3.05) is 5.32 Å². The first kappa shape index (κ1) is 10.4. The molecule has 0 unspecified atom stereocenters. The lowest BCUT2D eigenvalue weighted by Gasteiger charge is -2.13. The average Bonchev–Trinajstić information content (AvgIpc) is 3.00. The van der Waals surface area contributed by atoms with E-state index in [9.17, 15) is 14.9 Å². The van der Waals surface area contributed by atoms with Crippen LogP contribution in [0.3, 0.4) is 0 Å². The Morgan fingerprint density at radius 1 is 1.38 bits per heavy atom. The largest absolute Gasteiger partial charge is 0.480 e. The lowest BCUT2D eigenvalue weighted by atomic mass is 10.2. The molecule has 6 nitrogen and oxygen atoms in total. The maximum atomic E-state index is 10.9. The molecule has 0 aromatic heterocycles. The maximum absolute atomic E-state index is 10.9. The van der Waals surface area contributed by atoms with E-state index < -0.39 is 16.4 Å². The Morgan fingerprint density at radius 3 is 2.31 bits per heavy atom. The minimum atomic E-state index is -0.883. The van der Waals surface area contributed by atoms with E-state index in [4.69, 9.17) is 5.11 Å². The van der Waals surface area contributed by atoms with Gasteiger partial charge in [0.05, 0.1) is 4.92 Å². The zero-order valence-electron chi connectivity index (χ0n) is 8.34. The van der Waals surface area contributed by atoms with Crippen LogP contribution >= 0.6 is 0 Å². The molecule has 0 spiro atoms. The van der Waals surface area contributed by atoms with E-state index >= 15 is 0 Å². The maximum Gasteiger partial charge on any atom is 0.329 e. The molecule has 1 aromatic carbocycles. The van der Waals surface area contributed by atoms with Crippen molar-refractivity contribution in [2.24, 2.45) is 0 Å². The monoisotopic (exact) mass is 222 g/mol. The van der Waals surface area contributed by atoms with E-state index in [0.717, 1.165) is 0 Å². The van der Waals surface area contributed by atoms with Gasteiger partial charge in [-0.15, -0.1) is 0 Å². The number of nitrogens with one attached hydrogen (secondary N) is 1. The summed E-state index contributed by atoms with van der Waals surface area (Å²) in [6.07, 6.45) is 1.17. The second-order valence-electron chi connectivity index (χ2n) is 3.82. The van der Waals surface area contributed by atoms with Crippen molar-refractivity contribution < 1.29 is 14.8 Å². The van der Waals surface area contributed by atoms with Crippen molar-refractivity contribution in [1.82, 2.24) is 0 Å². The van der Waals surface area contributed by atoms with E-state index in [1.807, 2.05) is 0 Å². The van der Waals surface area contributed by atoms with E-state index in [1.54, 1.807) is 0 Å². The molecule has 0 heterocycles. The lowest BCUT2D eigenvalue weighted by molar-refractivity contribution is -0.384. The number of non-ortho nitro benzene ring substituents is 1. The molecule has 1 aliphatic carbocycles. The van der Waals surface area contributed by atoms with Gasteiger partial charge in [-0.3, -0.25) is 10.1 Å². The van der Waals surface area contributed by atoms with Gasteiger partial charge >= 0.3 is 5.97 Å². The molecule has 0 saturated heterocycles. The van der Waals surface area contributed by atoms with Gasteiger partial charge in [0.15, 0.2) is 0 Å². The highest BCUT2D eigenvalue weighted by Crippen LogP contribution is 2.39. The third-order valence-electron chi connectivity index (χ3n) is 2.62. The number of aliphatic carboxylic acids is 1. The molecular weight excluding hydrogens is 212 g/mol. The molecule has 0 atom stereocenters. The summed E-state index contributed by atoms with van der Waals surface area (Å²) in [5.74, 6) is -0.883. The molecule has 1 saturated carbocycles. The average molecular weight is 222 g/mol. The predicted molar refractivity (Wildman–Crippen MR) is 56.3 cm³/mol. The Kier molecular flexibility index (Phi) is 2.26. The van der Waals surface area contributed by atoms with E-state index in [1.165, 1.54) is 24.3 Å². The van der Waals surface area contributed by atoms with Crippen LogP contribution in [-0.4, -0.2) is 21.5 Å². The van der Waals surface area contributed by atoms with Gasteiger partial charge in [-0.2, -0.15) is 0 Å². The normalized spacial score (nSPS) is 16.5. The van der Waals surface area contributed by atoms with Crippen molar-refractivity contribution in [3.05, 3.63) is 34.4 Å². The lowest BCUT2D eigenvalue weighted by Crippen LogP contribution is -2.31. The number of carboxylic acid groups (broad SMARTS) is 1. The van der Waals surface area contributed by atoms with Crippen molar-refractivity contribution >= 4 is 17.3 Å². The van der Waals surface area contributed by atoms with Crippen LogP contribution in [0, 0.1) is 10.1 Å². The molecule has 1 fully saturated rings. The summed E-state index contributed by atoms with van der Waals surface area (Å²) in [5, 5.41) is 22.2. The molecule has 2 rings (SSSR count). The Balaban J connectivity index is 2.12. The molecule has 1 aliphatic rings. The summed E-state index contributed by atoms with van der Waals surface area (Å²) in [6.45, 7) is 0. The van der Waals surface area contributed by atoms with Crippen molar-refractivity contribution in [3.8, 4) is 0 Å². The smallest absolute Gasteiger partial charge is 0.329 e. The highest BCUT2D eigenvalue weighted by atomic mass is 16.6. The number of nitrogens with zero attached hydrogens (tertiary/aromatic N) is 1. The highest BCUT2D eigenvalue weighted by Gasteiger charge is 2.50. The number of carboxylic acids is 1. The summed E-state index contributed by atoms with van der Waals surface area (Å²) in [5.41, 5.74) is -0.285. The summed E-state index contributed by atoms with van der Waals surface area (Å²) < 4.78 is 0. The number of rotatable bonds is 4. The molecule has 2 N–H and O–H groups in total. The van der Waals surface area contributed by atoms with Gasteiger partial charge < -0.3 is 10.4 Å². The van der Waals surface area contributed by atoms with E-state index in [0.29, 0.717) is 18.5 Å². The fourth-order valence-corrected chi connectivity index (χ4v) is 1.46. The van der Waals surface area contributed by atoms with E-state index in [-0.39, 0.29) is 5.69 Å². The zero-order valence-corrected chi connectivity index (χ0v) is 8.34. The van der Waals surface area contributed by atoms with Crippen LogP contribution in [0.25, 0.3) is 0 Å². The molecular formula is C10H10N2O4. The number of carbonyl (C=O) groups is 1. The van der Waals surface area contributed by atoms with Crippen LogP contribution in [-0.2, 0) is 4.79 Å². The molecule has 0 bridgehead atoms. The van der Waals surface area contributed by atoms with Gasteiger partial charge in [-0.1, -0.05) is 0 Å². The number of benzene rings is 1. The molecule has 0 radical (unpaired) electrons. The van der Waals surface area contributed by atoms with Gasteiger partial charge in [0, 0.05) is 17.8 Å². The standard InChI is InChI=1S/C10H10N2O4/c13-9(14)10(5-6-10)11-7-1-3-8(4-2-7)12(15)16/h1-4,11H,5-6H2,(H,13,14). The van der Waals surface area contributed by atoms with Crippen LogP contribution in [0.4, 0.5) is 11.4 Å². The van der Waals surface area contributed by atoms with Gasteiger partial charge in [0.25, 0.3) is 5.69 Å². The first-order valence-electron chi connectivity index (χ1n) is 4.79. The minimum Gasteiger partial charge on any atom is -0.480 e. The Labute approximate surface area is 91.0 Å². The molecule has 6 heteroatoms. The SMILES string of the molecule is O=C(O)C1(Nc2ccc([N+](=O)[O-])cc2)CC1. The minimum absolute atomic E-state index is 0.00859. The summed E-state index contributed by atoms with van der Waals surface area (Å²) in [7, 11) is 0. The summed E-state index contributed by atoms with van der Waals surface area (Å²) in [4.78, 5) is 20.8. The Morgan fingerprint density at radius 2 is 1.94 bits per heavy atom. The number of anilines is 1. The van der Waals surface area contributed by atoms with Gasteiger partial charge in [0.2, 0.25) is 0 Å². The fraction of sp³-hybridized carbons (Fsp3) is 0.300. The van der Waals surface area contributed by atoms with Gasteiger partial charge in [0.1, 0.15) is 5.54 Å². The van der Waals surface area contributed by atoms with Crippen molar-refractivity contribution in [1.29, 1.82) is 0 Å². The Hall–Kier alpha value is -2.11. The molecule has 16 heavy (non-hydrogen) atoms. The fourth-order valence-electron chi connectivity index (χ4n) is 1.46. The summed E-state index contributed by atoms with van der Waals surface area (Å²) >= 11 is 0. The zero-order chi connectivity index (χ0) is 11.8. The van der Waals surface area contributed by atoms with Gasteiger partial charge in [-0.25, -0.2) is 4.79 Å². The number of nitro benzene ring substituents is 1. The third kappa shape index (κ3) is 1.81. The molecule has 0 amide bonds.